The molecule has 0 saturated heterocycles. The summed E-state index contributed by atoms with van der Waals surface area (Å²) in [4.78, 5) is 23.5. The number of thiazole rings is 1. The first-order valence-corrected chi connectivity index (χ1v) is 11.7. The number of benzene rings is 2. The number of para-hydroxylation sites is 1. The van der Waals surface area contributed by atoms with Crippen molar-refractivity contribution in [3.8, 4) is 6.07 Å². The van der Waals surface area contributed by atoms with Crippen molar-refractivity contribution in [2.45, 2.75) is 23.1 Å². The second-order valence-corrected chi connectivity index (χ2v) is 9.18. The topological polar surface area (TPSA) is 69.9 Å². The molecule has 0 spiro atoms. The highest BCUT2D eigenvalue weighted by Crippen LogP contribution is 2.31. The van der Waals surface area contributed by atoms with E-state index in [4.69, 9.17) is 5.26 Å². The Morgan fingerprint density at radius 2 is 1.90 bits per heavy atom. The lowest BCUT2D eigenvalue weighted by Crippen LogP contribution is -2.31. The number of hydrogen-bond donors (Lipinski definition) is 0. The number of pyridine rings is 1. The van der Waals surface area contributed by atoms with Gasteiger partial charge >= 0.3 is 0 Å². The van der Waals surface area contributed by atoms with E-state index in [9.17, 15) is 4.79 Å². The lowest BCUT2D eigenvalue weighted by atomic mass is 10.1. The van der Waals surface area contributed by atoms with Gasteiger partial charge in [-0.15, -0.1) is 11.3 Å². The summed E-state index contributed by atoms with van der Waals surface area (Å²) in [5.41, 5.74) is 3.73. The SMILES string of the molecule is N#CCCN(Cc1cccnc1)C(=O)c1ccc(CSc2nc3ccccc3s2)cc1. The van der Waals surface area contributed by atoms with Crippen LogP contribution in [0.4, 0.5) is 0 Å². The van der Waals surface area contributed by atoms with Gasteiger partial charge in [-0.3, -0.25) is 9.78 Å². The predicted octanol–water partition coefficient (Wildman–Crippen LogP) is 5.54. The molecule has 0 bridgehead atoms. The molecule has 5 nitrogen and oxygen atoms in total. The maximum atomic E-state index is 13.0. The second kappa shape index (κ2) is 10.2. The molecule has 0 aliphatic carbocycles. The monoisotopic (exact) mass is 444 g/mol. The average molecular weight is 445 g/mol. The van der Waals surface area contributed by atoms with Gasteiger partial charge in [0.1, 0.15) is 0 Å². The van der Waals surface area contributed by atoms with Gasteiger partial charge in [0.15, 0.2) is 4.34 Å². The van der Waals surface area contributed by atoms with E-state index < -0.39 is 0 Å². The van der Waals surface area contributed by atoms with E-state index in [1.807, 2.05) is 54.6 Å². The van der Waals surface area contributed by atoms with Crippen LogP contribution in [0.1, 0.15) is 27.9 Å². The fourth-order valence-corrected chi connectivity index (χ4v) is 5.16. The first-order chi connectivity index (χ1) is 15.2. The Bertz CT molecular complexity index is 1170. The maximum Gasteiger partial charge on any atom is 0.254 e. The third-order valence-corrected chi connectivity index (χ3v) is 6.96. The Balaban J connectivity index is 1.41. The van der Waals surface area contributed by atoms with Gasteiger partial charge in [-0.25, -0.2) is 4.98 Å². The van der Waals surface area contributed by atoms with Crippen LogP contribution < -0.4 is 0 Å². The summed E-state index contributed by atoms with van der Waals surface area (Å²) < 4.78 is 2.23. The van der Waals surface area contributed by atoms with Crippen LogP contribution in [0, 0.1) is 11.3 Å². The van der Waals surface area contributed by atoms with Crippen LogP contribution in [0.3, 0.4) is 0 Å². The molecule has 4 rings (SSSR count). The number of fused-ring (bicyclic) bond motifs is 1. The molecule has 0 N–H and O–H groups in total. The van der Waals surface area contributed by atoms with E-state index in [2.05, 4.69) is 22.1 Å². The quantitative estimate of drug-likeness (QED) is 0.334. The molecule has 31 heavy (non-hydrogen) atoms. The van der Waals surface area contributed by atoms with E-state index in [-0.39, 0.29) is 5.91 Å². The van der Waals surface area contributed by atoms with Gasteiger partial charge < -0.3 is 4.90 Å². The zero-order valence-corrected chi connectivity index (χ0v) is 18.4. The van der Waals surface area contributed by atoms with Crippen LogP contribution in [0.2, 0.25) is 0 Å². The smallest absolute Gasteiger partial charge is 0.254 e. The molecular formula is C24H20N4OS2. The van der Waals surface area contributed by atoms with Gasteiger partial charge in [0.25, 0.3) is 5.91 Å². The highest BCUT2D eigenvalue weighted by Gasteiger charge is 2.16. The fraction of sp³-hybridized carbons (Fsp3) is 0.167. The number of thioether (sulfide) groups is 1. The first kappa shape index (κ1) is 21.0. The third-order valence-electron chi connectivity index (χ3n) is 4.71. The zero-order chi connectivity index (χ0) is 21.5. The van der Waals surface area contributed by atoms with Crippen molar-refractivity contribution < 1.29 is 4.79 Å². The fourth-order valence-electron chi connectivity index (χ4n) is 3.13. The van der Waals surface area contributed by atoms with Crippen LogP contribution in [0.25, 0.3) is 10.2 Å². The summed E-state index contributed by atoms with van der Waals surface area (Å²) >= 11 is 3.40. The number of rotatable bonds is 8. The summed E-state index contributed by atoms with van der Waals surface area (Å²) in [5, 5.41) is 8.96. The Labute approximate surface area is 189 Å². The Hall–Kier alpha value is -3.21. The summed E-state index contributed by atoms with van der Waals surface area (Å²) in [6.07, 6.45) is 3.74. The minimum atomic E-state index is -0.0792. The number of aromatic nitrogens is 2. The Morgan fingerprint density at radius 3 is 2.65 bits per heavy atom. The second-order valence-electron chi connectivity index (χ2n) is 6.93. The van der Waals surface area contributed by atoms with Crippen LogP contribution in [0.5, 0.6) is 0 Å². The molecule has 1 amide bonds. The maximum absolute atomic E-state index is 13.0. The standard InChI is InChI=1S/C24H20N4OS2/c25-12-4-14-28(16-19-5-3-13-26-15-19)23(29)20-10-8-18(9-11-20)17-30-24-27-21-6-1-2-7-22(21)31-24/h1-3,5-11,13,15H,4,14,16-17H2. The van der Waals surface area contributed by atoms with Crippen molar-refractivity contribution in [3.63, 3.8) is 0 Å². The molecule has 0 aliphatic heterocycles. The number of nitriles is 1. The summed E-state index contributed by atoms with van der Waals surface area (Å²) in [7, 11) is 0. The van der Waals surface area contributed by atoms with E-state index in [0.717, 1.165) is 26.7 Å². The number of amides is 1. The molecule has 0 aliphatic rings. The molecule has 0 radical (unpaired) electrons. The van der Waals surface area contributed by atoms with Crippen LogP contribution in [-0.2, 0) is 12.3 Å². The molecule has 0 saturated carbocycles. The molecule has 2 aromatic heterocycles. The van der Waals surface area contributed by atoms with Crippen LogP contribution in [-0.4, -0.2) is 27.3 Å². The molecule has 154 valence electrons. The van der Waals surface area contributed by atoms with Gasteiger partial charge in [0.05, 0.1) is 22.7 Å². The highest BCUT2D eigenvalue weighted by atomic mass is 32.2. The van der Waals surface area contributed by atoms with E-state index in [1.165, 1.54) is 4.70 Å². The molecule has 7 heteroatoms. The molecule has 0 fully saturated rings. The molecule has 4 aromatic rings. The number of carbonyl (C=O) groups excluding carboxylic acids is 1. The minimum Gasteiger partial charge on any atom is -0.333 e. The highest BCUT2D eigenvalue weighted by molar-refractivity contribution is 8.00. The predicted molar refractivity (Wildman–Crippen MR) is 125 cm³/mol. The van der Waals surface area contributed by atoms with Crippen LogP contribution >= 0.6 is 23.1 Å². The summed E-state index contributed by atoms with van der Waals surface area (Å²) in [6.45, 7) is 0.822. The number of carbonyl (C=O) groups is 1. The van der Waals surface area contributed by atoms with E-state index in [1.54, 1.807) is 40.4 Å². The van der Waals surface area contributed by atoms with Gasteiger partial charge in [0.2, 0.25) is 0 Å². The Kier molecular flexibility index (Phi) is 6.92. The lowest BCUT2D eigenvalue weighted by molar-refractivity contribution is 0.0746. The largest absolute Gasteiger partial charge is 0.333 e. The average Bonchev–Trinajstić information content (AvgIpc) is 3.24. The molecule has 0 atom stereocenters. The zero-order valence-electron chi connectivity index (χ0n) is 16.8. The molecule has 2 aromatic carbocycles. The third kappa shape index (κ3) is 5.48. The van der Waals surface area contributed by atoms with Crippen molar-refractivity contribution in [3.05, 3.63) is 89.7 Å². The van der Waals surface area contributed by atoms with Gasteiger partial charge in [-0.1, -0.05) is 42.1 Å². The number of nitrogens with zero attached hydrogens (tertiary/aromatic N) is 4. The normalized spacial score (nSPS) is 10.7. The van der Waals surface area contributed by atoms with E-state index in [0.29, 0.717) is 25.1 Å². The Morgan fingerprint density at radius 1 is 1.06 bits per heavy atom. The van der Waals surface area contributed by atoms with Crippen molar-refractivity contribution >= 4 is 39.2 Å². The lowest BCUT2D eigenvalue weighted by Gasteiger charge is -2.22. The minimum absolute atomic E-state index is 0.0792. The molecular weight excluding hydrogens is 424 g/mol. The van der Waals surface area contributed by atoms with Crippen molar-refractivity contribution in [2.24, 2.45) is 0 Å². The molecule has 0 unspecified atom stereocenters. The van der Waals surface area contributed by atoms with Gasteiger partial charge in [-0.2, -0.15) is 5.26 Å². The van der Waals surface area contributed by atoms with Gasteiger partial charge in [0, 0.05) is 36.8 Å². The first-order valence-electron chi connectivity index (χ1n) is 9.85. The van der Waals surface area contributed by atoms with Crippen molar-refractivity contribution in [1.29, 1.82) is 5.26 Å². The van der Waals surface area contributed by atoms with Crippen LogP contribution in [0.15, 0.2) is 77.4 Å². The van der Waals surface area contributed by atoms with Gasteiger partial charge in [-0.05, 0) is 41.5 Å². The molecule has 2 heterocycles. The van der Waals surface area contributed by atoms with Crippen molar-refractivity contribution in [2.75, 3.05) is 6.54 Å². The van der Waals surface area contributed by atoms with E-state index >= 15 is 0 Å². The summed E-state index contributed by atoms with van der Waals surface area (Å²) in [5.74, 6) is 0.715. The van der Waals surface area contributed by atoms with Crippen molar-refractivity contribution in [1.82, 2.24) is 14.9 Å². The summed E-state index contributed by atoms with van der Waals surface area (Å²) in [6, 6.07) is 21.7. The number of hydrogen-bond acceptors (Lipinski definition) is 6.